The number of nitrogens with two attached hydrogens (primary N) is 1. The van der Waals surface area contributed by atoms with Crippen LogP contribution in [0.25, 0.3) is 0 Å². The standard InChI is InChI=1S/C15H23F3N2/c1-4-14(5-2,11-19)20(3)10-12-6-8-13(9-7-12)15(16,17)18/h6-9H,4-5,10-11,19H2,1-3H3. The predicted octanol–water partition coefficient (Wildman–Crippen LogP) is 3.65. The van der Waals surface area contributed by atoms with Crippen molar-refractivity contribution in [1.82, 2.24) is 4.90 Å². The van der Waals surface area contributed by atoms with Crippen LogP contribution in [0.15, 0.2) is 24.3 Å². The monoisotopic (exact) mass is 288 g/mol. The topological polar surface area (TPSA) is 29.3 Å². The first-order valence-corrected chi connectivity index (χ1v) is 6.86. The van der Waals surface area contributed by atoms with Crippen molar-refractivity contribution in [2.75, 3.05) is 13.6 Å². The number of nitrogens with zero attached hydrogens (tertiary/aromatic N) is 1. The summed E-state index contributed by atoms with van der Waals surface area (Å²) in [5.74, 6) is 0. The minimum atomic E-state index is -4.28. The van der Waals surface area contributed by atoms with E-state index in [1.807, 2.05) is 7.05 Å². The van der Waals surface area contributed by atoms with Crippen molar-refractivity contribution in [3.05, 3.63) is 35.4 Å². The highest BCUT2D eigenvalue weighted by molar-refractivity contribution is 5.24. The molecular formula is C15H23F3N2. The summed E-state index contributed by atoms with van der Waals surface area (Å²) in [4.78, 5) is 2.13. The van der Waals surface area contributed by atoms with E-state index in [1.54, 1.807) is 0 Å². The molecule has 0 spiro atoms. The zero-order chi connectivity index (χ0) is 15.4. The normalized spacial score (nSPS) is 13.0. The van der Waals surface area contributed by atoms with Gasteiger partial charge in [0.1, 0.15) is 0 Å². The van der Waals surface area contributed by atoms with Crippen molar-refractivity contribution in [3.8, 4) is 0 Å². The highest BCUT2D eigenvalue weighted by Crippen LogP contribution is 2.30. The van der Waals surface area contributed by atoms with E-state index >= 15 is 0 Å². The van der Waals surface area contributed by atoms with Gasteiger partial charge in [-0.05, 0) is 37.6 Å². The number of hydrogen-bond acceptors (Lipinski definition) is 2. The largest absolute Gasteiger partial charge is 0.416 e. The molecule has 0 saturated heterocycles. The SMILES string of the molecule is CCC(CC)(CN)N(C)Cc1ccc(C(F)(F)F)cc1. The van der Waals surface area contributed by atoms with Gasteiger partial charge in [-0.15, -0.1) is 0 Å². The van der Waals surface area contributed by atoms with E-state index in [9.17, 15) is 13.2 Å². The molecule has 0 aliphatic rings. The van der Waals surface area contributed by atoms with Crippen molar-refractivity contribution in [2.24, 2.45) is 5.73 Å². The van der Waals surface area contributed by atoms with Crippen LogP contribution in [-0.2, 0) is 12.7 Å². The number of rotatable bonds is 6. The smallest absolute Gasteiger partial charge is 0.329 e. The molecule has 0 aliphatic heterocycles. The van der Waals surface area contributed by atoms with Gasteiger partial charge in [-0.3, -0.25) is 4.90 Å². The minimum absolute atomic E-state index is 0.0945. The van der Waals surface area contributed by atoms with E-state index in [1.165, 1.54) is 12.1 Å². The summed E-state index contributed by atoms with van der Waals surface area (Å²) in [6, 6.07) is 5.33. The third-order valence-electron chi connectivity index (χ3n) is 4.21. The van der Waals surface area contributed by atoms with Gasteiger partial charge in [0.05, 0.1) is 5.56 Å². The predicted molar refractivity (Wildman–Crippen MR) is 75.3 cm³/mol. The molecule has 5 heteroatoms. The Kier molecular flexibility index (Phi) is 5.59. The van der Waals surface area contributed by atoms with Crippen molar-refractivity contribution < 1.29 is 13.2 Å². The van der Waals surface area contributed by atoms with Crippen LogP contribution in [0.5, 0.6) is 0 Å². The van der Waals surface area contributed by atoms with Gasteiger partial charge in [-0.1, -0.05) is 26.0 Å². The molecule has 0 saturated carbocycles. The van der Waals surface area contributed by atoms with Crippen LogP contribution in [0.3, 0.4) is 0 Å². The first-order valence-electron chi connectivity index (χ1n) is 6.86. The van der Waals surface area contributed by atoms with E-state index in [0.29, 0.717) is 13.1 Å². The Labute approximate surface area is 118 Å². The third-order valence-corrected chi connectivity index (χ3v) is 4.21. The molecule has 1 aromatic rings. The fourth-order valence-electron chi connectivity index (χ4n) is 2.48. The van der Waals surface area contributed by atoms with Crippen molar-refractivity contribution in [3.63, 3.8) is 0 Å². The van der Waals surface area contributed by atoms with Gasteiger partial charge >= 0.3 is 6.18 Å². The maximum Gasteiger partial charge on any atom is 0.416 e. The van der Waals surface area contributed by atoms with Gasteiger partial charge < -0.3 is 5.73 Å². The Balaban J connectivity index is 2.83. The fourth-order valence-corrected chi connectivity index (χ4v) is 2.48. The van der Waals surface area contributed by atoms with Crippen LogP contribution < -0.4 is 5.73 Å². The van der Waals surface area contributed by atoms with Gasteiger partial charge in [0, 0.05) is 18.6 Å². The highest BCUT2D eigenvalue weighted by atomic mass is 19.4. The van der Waals surface area contributed by atoms with Gasteiger partial charge in [-0.2, -0.15) is 13.2 Å². The summed E-state index contributed by atoms with van der Waals surface area (Å²) in [7, 11) is 1.97. The van der Waals surface area contributed by atoms with Crippen LogP contribution in [-0.4, -0.2) is 24.0 Å². The molecule has 2 nitrogen and oxygen atoms in total. The molecule has 0 radical (unpaired) electrons. The van der Waals surface area contributed by atoms with Crippen LogP contribution >= 0.6 is 0 Å². The number of halogens is 3. The summed E-state index contributed by atoms with van der Waals surface area (Å²) in [6.07, 6.45) is -2.45. The molecule has 0 fully saturated rings. The molecule has 0 aromatic heterocycles. The fraction of sp³-hybridized carbons (Fsp3) is 0.600. The second kappa shape index (κ2) is 6.59. The highest BCUT2D eigenvalue weighted by Gasteiger charge is 2.31. The lowest BCUT2D eigenvalue weighted by Crippen LogP contribution is -2.50. The Bertz CT molecular complexity index is 400. The van der Waals surface area contributed by atoms with E-state index < -0.39 is 11.7 Å². The molecule has 1 aromatic carbocycles. The van der Waals surface area contributed by atoms with Crippen LogP contribution in [0.2, 0.25) is 0 Å². The van der Waals surface area contributed by atoms with Crippen molar-refractivity contribution in [1.29, 1.82) is 0 Å². The van der Waals surface area contributed by atoms with Gasteiger partial charge in [0.15, 0.2) is 0 Å². The summed E-state index contributed by atoms with van der Waals surface area (Å²) < 4.78 is 37.5. The molecule has 20 heavy (non-hydrogen) atoms. The quantitative estimate of drug-likeness (QED) is 0.865. The number of benzene rings is 1. The van der Waals surface area contributed by atoms with E-state index in [-0.39, 0.29) is 5.54 Å². The van der Waals surface area contributed by atoms with Crippen LogP contribution in [0.1, 0.15) is 37.8 Å². The molecule has 0 unspecified atom stereocenters. The Morgan fingerprint density at radius 1 is 1.05 bits per heavy atom. The zero-order valence-electron chi connectivity index (χ0n) is 12.3. The number of likely N-dealkylation sites (N-methyl/N-ethyl adjacent to an activating group) is 1. The molecule has 0 bridgehead atoms. The summed E-state index contributed by atoms with van der Waals surface area (Å²) in [5, 5.41) is 0. The van der Waals surface area contributed by atoms with Crippen LogP contribution in [0, 0.1) is 0 Å². The molecule has 0 amide bonds. The van der Waals surface area contributed by atoms with Gasteiger partial charge in [0.25, 0.3) is 0 Å². The van der Waals surface area contributed by atoms with E-state index in [4.69, 9.17) is 5.73 Å². The maximum atomic E-state index is 12.5. The lowest BCUT2D eigenvalue weighted by atomic mass is 9.90. The first kappa shape index (κ1) is 17.0. The molecule has 0 aliphatic carbocycles. The summed E-state index contributed by atoms with van der Waals surface area (Å²) in [6.45, 7) is 5.30. The minimum Gasteiger partial charge on any atom is -0.329 e. The molecule has 1 rings (SSSR count). The molecule has 0 atom stereocenters. The number of hydrogen-bond donors (Lipinski definition) is 1. The zero-order valence-corrected chi connectivity index (χ0v) is 12.3. The average molecular weight is 288 g/mol. The van der Waals surface area contributed by atoms with Crippen molar-refractivity contribution >= 4 is 0 Å². The Morgan fingerprint density at radius 3 is 1.90 bits per heavy atom. The van der Waals surface area contributed by atoms with Gasteiger partial charge in [-0.25, -0.2) is 0 Å². The maximum absolute atomic E-state index is 12.5. The summed E-state index contributed by atoms with van der Waals surface area (Å²) >= 11 is 0. The van der Waals surface area contributed by atoms with Crippen LogP contribution in [0.4, 0.5) is 13.2 Å². The molecule has 0 heterocycles. The van der Waals surface area contributed by atoms with E-state index in [0.717, 1.165) is 30.5 Å². The molecule has 114 valence electrons. The molecular weight excluding hydrogens is 265 g/mol. The first-order chi connectivity index (χ1) is 9.29. The van der Waals surface area contributed by atoms with Gasteiger partial charge in [0.2, 0.25) is 0 Å². The second-order valence-corrected chi connectivity index (χ2v) is 5.19. The Hall–Kier alpha value is -1.07. The number of alkyl halides is 3. The van der Waals surface area contributed by atoms with Crippen molar-refractivity contribution in [2.45, 2.75) is 44.9 Å². The Morgan fingerprint density at radius 2 is 1.55 bits per heavy atom. The van der Waals surface area contributed by atoms with E-state index in [2.05, 4.69) is 18.7 Å². The lowest BCUT2D eigenvalue weighted by molar-refractivity contribution is -0.137. The molecule has 2 N–H and O–H groups in total. The average Bonchev–Trinajstić information content (AvgIpc) is 2.41. The third kappa shape index (κ3) is 3.73. The summed E-state index contributed by atoms with van der Waals surface area (Å²) in [5.41, 5.74) is 6.03. The second-order valence-electron chi connectivity index (χ2n) is 5.19. The lowest BCUT2D eigenvalue weighted by Gasteiger charge is -2.40.